The van der Waals surface area contributed by atoms with Crippen LogP contribution in [-0.4, -0.2) is 56.4 Å². The monoisotopic (exact) mass is 318 g/mol. The molecular formula is C15H18N4O4. The number of fused-ring (bicyclic) bond motifs is 1. The molecule has 3 heterocycles. The fourth-order valence-corrected chi connectivity index (χ4v) is 2.21. The molecule has 0 bridgehead atoms. The first-order valence-corrected chi connectivity index (χ1v) is 7.29. The second kappa shape index (κ2) is 5.53. The van der Waals surface area contributed by atoms with Gasteiger partial charge < -0.3 is 14.4 Å². The maximum atomic E-state index is 12.2. The molecule has 2 aromatic rings. The maximum Gasteiger partial charge on any atom is 0.420 e. The van der Waals surface area contributed by atoms with Crippen molar-refractivity contribution in [2.24, 2.45) is 0 Å². The van der Waals surface area contributed by atoms with Gasteiger partial charge in [-0.1, -0.05) is 0 Å². The van der Waals surface area contributed by atoms with E-state index in [0.29, 0.717) is 18.7 Å². The number of carbonyl (C=O) groups excluding carboxylic acids is 2. The van der Waals surface area contributed by atoms with Crippen molar-refractivity contribution in [2.45, 2.75) is 32.5 Å². The Kier molecular flexibility index (Phi) is 3.67. The Morgan fingerprint density at radius 1 is 1.26 bits per heavy atom. The second-order valence-electron chi connectivity index (χ2n) is 6.38. The molecule has 8 heteroatoms. The second-order valence-corrected chi connectivity index (χ2v) is 6.38. The molecule has 1 amide bonds. The van der Waals surface area contributed by atoms with E-state index >= 15 is 0 Å². The number of ether oxygens (including phenoxy) is 2. The fourth-order valence-electron chi connectivity index (χ4n) is 2.21. The molecule has 0 spiro atoms. The highest BCUT2D eigenvalue weighted by atomic mass is 16.6. The average Bonchev–Trinajstić information content (AvgIpc) is 2.84. The molecule has 2 aromatic heterocycles. The molecule has 122 valence electrons. The number of amides is 1. The van der Waals surface area contributed by atoms with E-state index in [-0.39, 0.29) is 6.10 Å². The standard InChI is InChI=1S/C15H18N4O4/c1-15(2,3)23-13(20)18-7-11(8-18)22-14(21)19-5-4-10-6-16-9-17-12(10)19/h4-6,9,11H,7-8H2,1-3H3. The number of hydrogen-bond acceptors (Lipinski definition) is 6. The van der Waals surface area contributed by atoms with Crippen LogP contribution in [0.15, 0.2) is 24.8 Å². The summed E-state index contributed by atoms with van der Waals surface area (Å²) in [5.41, 5.74) is -0.0453. The van der Waals surface area contributed by atoms with Gasteiger partial charge in [-0.3, -0.25) is 0 Å². The Bertz CT molecular complexity index is 743. The van der Waals surface area contributed by atoms with Crippen molar-refractivity contribution in [2.75, 3.05) is 13.1 Å². The molecule has 0 unspecified atom stereocenters. The van der Waals surface area contributed by atoms with E-state index in [1.54, 1.807) is 39.2 Å². The molecule has 0 atom stereocenters. The summed E-state index contributed by atoms with van der Waals surface area (Å²) in [4.78, 5) is 33.5. The summed E-state index contributed by atoms with van der Waals surface area (Å²) in [7, 11) is 0. The zero-order valence-corrected chi connectivity index (χ0v) is 13.2. The highest BCUT2D eigenvalue weighted by molar-refractivity contribution is 5.86. The van der Waals surface area contributed by atoms with Crippen LogP contribution in [0.4, 0.5) is 9.59 Å². The molecule has 23 heavy (non-hydrogen) atoms. The van der Waals surface area contributed by atoms with Crippen LogP contribution in [0.5, 0.6) is 0 Å². The molecule has 0 aliphatic carbocycles. The molecular weight excluding hydrogens is 300 g/mol. The molecule has 8 nitrogen and oxygen atoms in total. The van der Waals surface area contributed by atoms with Crippen LogP contribution >= 0.6 is 0 Å². The van der Waals surface area contributed by atoms with Crippen LogP contribution in [0.3, 0.4) is 0 Å². The van der Waals surface area contributed by atoms with Gasteiger partial charge >= 0.3 is 12.2 Å². The lowest BCUT2D eigenvalue weighted by Crippen LogP contribution is -2.56. The lowest BCUT2D eigenvalue weighted by Gasteiger charge is -2.38. The van der Waals surface area contributed by atoms with Gasteiger partial charge in [-0.25, -0.2) is 24.1 Å². The van der Waals surface area contributed by atoms with Crippen LogP contribution < -0.4 is 0 Å². The molecule has 1 saturated heterocycles. The zero-order valence-electron chi connectivity index (χ0n) is 13.2. The maximum absolute atomic E-state index is 12.2. The van der Waals surface area contributed by atoms with Gasteiger partial charge in [-0.2, -0.15) is 0 Å². The van der Waals surface area contributed by atoms with Crippen molar-refractivity contribution in [3.8, 4) is 0 Å². The van der Waals surface area contributed by atoms with Crippen molar-refractivity contribution >= 4 is 23.2 Å². The number of rotatable bonds is 1. The Hall–Kier alpha value is -2.64. The molecule has 0 aromatic carbocycles. The Labute approximate surface area is 133 Å². The summed E-state index contributed by atoms with van der Waals surface area (Å²) in [5, 5.41) is 0.758. The van der Waals surface area contributed by atoms with Gasteiger partial charge in [0.1, 0.15) is 18.0 Å². The van der Waals surface area contributed by atoms with Gasteiger partial charge in [0.15, 0.2) is 5.65 Å². The van der Waals surface area contributed by atoms with Gasteiger partial charge in [0.2, 0.25) is 0 Å². The van der Waals surface area contributed by atoms with E-state index in [0.717, 1.165) is 5.39 Å². The summed E-state index contributed by atoms with van der Waals surface area (Å²) in [5.74, 6) is 0. The van der Waals surface area contributed by atoms with Crippen molar-refractivity contribution in [3.63, 3.8) is 0 Å². The quantitative estimate of drug-likeness (QED) is 0.799. The van der Waals surface area contributed by atoms with Gasteiger partial charge in [0.05, 0.1) is 13.1 Å². The minimum Gasteiger partial charge on any atom is -0.444 e. The molecule has 0 radical (unpaired) electrons. The van der Waals surface area contributed by atoms with E-state index in [1.807, 2.05) is 0 Å². The van der Waals surface area contributed by atoms with Gasteiger partial charge in [0.25, 0.3) is 0 Å². The number of carbonyl (C=O) groups is 2. The Morgan fingerprint density at radius 2 is 2.00 bits per heavy atom. The average molecular weight is 318 g/mol. The van der Waals surface area contributed by atoms with Crippen molar-refractivity contribution in [1.29, 1.82) is 0 Å². The summed E-state index contributed by atoms with van der Waals surface area (Å²) in [6.45, 7) is 6.08. The van der Waals surface area contributed by atoms with Gasteiger partial charge in [-0.05, 0) is 26.8 Å². The predicted molar refractivity (Wildman–Crippen MR) is 81.0 cm³/mol. The molecule has 1 aliphatic heterocycles. The zero-order chi connectivity index (χ0) is 16.6. The third-order valence-corrected chi connectivity index (χ3v) is 3.31. The summed E-state index contributed by atoms with van der Waals surface area (Å²) < 4.78 is 11.9. The van der Waals surface area contributed by atoms with Gasteiger partial charge in [-0.15, -0.1) is 0 Å². The van der Waals surface area contributed by atoms with Crippen LogP contribution in [0.2, 0.25) is 0 Å². The smallest absolute Gasteiger partial charge is 0.420 e. The van der Waals surface area contributed by atoms with E-state index in [4.69, 9.17) is 9.47 Å². The lowest BCUT2D eigenvalue weighted by atomic mass is 10.2. The van der Waals surface area contributed by atoms with Gasteiger partial charge in [0, 0.05) is 17.8 Å². The Balaban J connectivity index is 1.56. The number of hydrogen-bond donors (Lipinski definition) is 0. The summed E-state index contributed by atoms with van der Waals surface area (Å²) in [6, 6.07) is 1.74. The van der Waals surface area contributed by atoms with Crippen LogP contribution in [0.1, 0.15) is 20.8 Å². The first-order valence-electron chi connectivity index (χ1n) is 7.29. The number of aromatic nitrogens is 3. The minimum atomic E-state index is -0.539. The molecule has 0 N–H and O–H groups in total. The van der Waals surface area contributed by atoms with E-state index in [2.05, 4.69) is 9.97 Å². The largest absolute Gasteiger partial charge is 0.444 e. The van der Waals surface area contributed by atoms with E-state index < -0.39 is 17.8 Å². The van der Waals surface area contributed by atoms with Crippen molar-refractivity contribution in [3.05, 3.63) is 24.8 Å². The van der Waals surface area contributed by atoms with E-state index in [9.17, 15) is 9.59 Å². The summed E-state index contributed by atoms with van der Waals surface area (Å²) >= 11 is 0. The number of likely N-dealkylation sites (tertiary alicyclic amines) is 1. The highest BCUT2D eigenvalue weighted by Crippen LogP contribution is 2.19. The first-order chi connectivity index (χ1) is 10.8. The minimum absolute atomic E-state index is 0.328. The van der Waals surface area contributed by atoms with Crippen LogP contribution in [0.25, 0.3) is 11.0 Å². The molecule has 3 rings (SSSR count). The number of nitrogens with zero attached hydrogens (tertiary/aromatic N) is 4. The topological polar surface area (TPSA) is 86.5 Å². The lowest BCUT2D eigenvalue weighted by molar-refractivity contribution is -0.0361. The third kappa shape index (κ3) is 3.25. The van der Waals surface area contributed by atoms with Crippen molar-refractivity contribution < 1.29 is 19.1 Å². The van der Waals surface area contributed by atoms with E-state index in [1.165, 1.54) is 15.8 Å². The molecule has 1 aliphatic rings. The highest BCUT2D eigenvalue weighted by Gasteiger charge is 2.36. The molecule has 0 saturated carbocycles. The Morgan fingerprint density at radius 3 is 2.70 bits per heavy atom. The predicted octanol–water partition coefficient (Wildman–Crippen LogP) is 2.04. The first kappa shape index (κ1) is 15.3. The molecule has 1 fully saturated rings. The van der Waals surface area contributed by atoms with Crippen molar-refractivity contribution in [1.82, 2.24) is 19.4 Å². The summed E-state index contributed by atoms with van der Waals surface area (Å²) in [6.07, 6.45) is 3.33. The van der Waals surface area contributed by atoms with Crippen LogP contribution in [-0.2, 0) is 9.47 Å². The SMILES string of the molecule is CC(C)(C)OC(=O)N1CC(OC(=O)n2ccc3cncnc32)C1. The normalized spacial score (nSPS) is 15.3. The third-order valence-electron chi connectivity index (χ3n) is 3.31. The fraction of sp³-hybridized carbons (Fsp3) is 0.467. The van der Waals surface area contributed by atoms with Crippen LogP contribution in [0, 0.1) is 0 Å².